The van der Waals surface area contributed by atoms with Gasteiger partial charge in [-0.25, -0.2) is 9.37 Å². The van der Waals surface area contributed by atoms with E-state index in [1.54, 1.807) is 6.92 Å². The number of esters is 1. The molecule has 6 nitrogen and oxygen atoms in total. The fraction of sp³-hybridized carbons (Fsp3) is 0.130. The van der Waals surface area contributed by atoms with Gasteiger partial charge in [-0.15, -0.1) is 0 Å². The fourth-order valence-electron chi connectivity index (χ4n) is 2.99. The third-order valence-electron chi connectivity index (χ3n) is 4.42. The van der Waals surface area contributed by atoms with Crippen LogP contribution in [0.5, 0.6) is 11.5 Å². The highest BCUT2D eigenvalue weighted by Crippen LogP contribution is 2.39. The number of hydrogen-bond acceptors (Lipinski definition) is 6. The topological polar surface area (TPSA) is 89.3 Å². The van der Waals surface area contributed by atoms with Gasteiger partial charge in [0.05, 0.1) is 28.3 Å². The van der Waals surface area contributed by atoms with E-state index < -0.39 is 23.5 Å². The van der Waals surface area contributed by atoms with Crippen LogP contribution < -0.4 is 4.74 Å². The number of nitriles is 1. The predicted octanol–water partition coefficient (Wildman–Crippen LogP) is 6.48. The van der Waals surface area contributed by atoms with E-state index >= 15 is 4.39 Å². The summed E-state index contributed by atoms with van der Waals surface area (Å²) in [4.78, 5) is 29.8. The zero-order chi connectivity index (χ0) is 24.1. The molecule has 0 fully saturated rings. The van der Waals surface area contributed by atoms with Gasteiger partial charge in [0.1, 0.15) is 16.8 Å². The molecule has 1 aromatic heterocycles. The lowest BCUT2D eigenvalue weighted by Gasteiger charge is -2.18. The number of carbonyl (C=O) groups is 2. The molecule has 1 heterocycles. The number of ketones is 1. The quantitative estimate of drug-likeness (QED) is 0.144. The predicted molar refractivity (Wildman–Crippen MR) is 123 cm³/mol. The van der Waals surface area contributed by atoms with E-state index in [1.165, 1.54) is 48.7 Å². The van der Waals surface area contributed by atoms with Gasteiger partial charge in [-0.1, -0.05) is 29.3 Å². The number of ether oxygens (including phenoxy) is 2. The van der Waals surface area contributed by atoms with Crippen molar-refractivity contribution in [2.75, 3.05) is 6.61 Å². The Kier molecular flexibility index (Phi) is 8.03. The molecule has 10 heteroatoms. The molecule has 0 spiro atoms. The lowest BCUT2D eigenvalue weighted by atomic mass is 9.90. The summed E-state index contributed by atoms with van der Waals surface area (Å²) in [6.45, 7) is 1.54. The maximum Gasteiger partial charge on any atom is 0.321 e. The third-order valence-corrected chi connectivity index (χ3v) is 5.56. The average Bonchev–Trinajstić information content (AvgIpc) is 2.78. The number of pyridine rings is 1. The van der Waals surface area contributed by atoms with Crippen molar-refractivity contribution in [3.63, 3.8) is 0 Å². The van der Waals surface area contributed by atoms with E-state index in [0.29, 0.717) is 0 Å². The molecular weight excluding hydrogens is 538 g/mol. The largest absolute Gasteiger partial charge is 0.465 e. The average molecular weight is 552 g/mol. The van der Waals surface area contributed by atoms with Gasteiger partial charge in [-0.2, -0.15) is 5.26 Å². The minimum absolute atomic E-state index is 0.0235. The molecule has 3 rings (SSSR count). The Morgan fingerprint density at radius 2 is 2.00 bits per heavy atom. The van der Waals surface area contributed by atoms with Crippen LogP contribution in [0, 0.1) is 17.1 Å². The normalized spacial score (nSPS) is 11.4. The number of benzene rings is 2. The first-order valence-electron chi connectivity index (χ1n) is 9.44. The van der Waals surface area contributed by atoms with Gasteiger partial charge >= 0.3 is 5.97 Å². The van der Waals surface area contributed by atoms with Crippen molar-refractivity contribution in [3.05, 3.63) is 85.8 Å². The molecule has 0 aliphatic heterocycles. The summed E-state index contributed by atoms with van der Waals surface area (Å²) >= 11 is 15.2. The molecular formula is C23H14BrCl2FN2O4. The summed E-state index contributed by atoms with van der Waals surface area (Å²) in [6.07, 6.45) is 1.38. The number of aromatic nitrogens is 1. The first kappa shape index (κ1) is 24.6. The molecule has 0 saturated carbocycles. The summed E-state index contributed by atoms with van der Waals surface area (Å²) in [5.74, 6) is -4.59. The Bertz CT molecular complexity index is 1280. The van der Waals surface area contributed by atoms with E-state index in [9.17, 15) is 9.59 Å². The first-order valence-corrected chi connectivity index (χ1v) is 11.0. The summed E-state index contributed by atoms with van der Waals surface area (Å²) in [6, 6.07) is 11.7. The number of carbonyl (C=O) groups excluding carboxylic acids is 2. The van der Waals surface area contributed by atoms with Crippen molar-refractivity contribution in [2.45, 2.75) is 12.8 Å². The van der Waals surface area contributed by atoms with Gasteiger partial charge in [0.15, 0.2) is 17.3 Å². The second kappa shape index (κ2) is 10.8. The van der Waals surface area contributed by atoms with Gasteiger partial charge in [0, 0.05) is 16.8 Å². The van der Waals surface area contributed by atoms with Crippen LogP contribution in [0.1, 0.15) is 34.3 Å². The molecule has 0 amide bonds. The van der Waals surface area contributed by atoms with Crippen LogP contribution in [-0.2, 0) is 9.53 Å². The maximum absolute atomic E-state index is 15.7. The molecule has 33 heavy (non-hydrogen) atoms. The number of hydrogen-bond donors (Lipinski definition) is 0. The number of halogens is 4. The van der Waals surface area contributed by atoms with Crippen molar-refractivity contribution in [3.8, 4) is 17.6 Å². The summed E-state index contributed by atoms with van der Waals surface area (Å²) in [7, 11) is 0. The maximum atomic E-state index is 15.7. The van der Waals surface area contributed by atoms with Crippen LogP contribution in [-0.4, -0.2) is 23.3 Å². The Balaban J connectivity index is 2.11. The standard InChI is InChI=1S/C23H14BrCl2FN2O4/c1-2-32-23(31)18(20(30)16-4-3-7-29-22(16)26)15-5-6-17(24)21(19(15)27)33-14-9-12(11-28)8-13(25)10-14/h3-10,18H,2H2,1H3. The molecule has 2 aromatic carbocycles. The van der Waals surface area contributed by atoms with Crippen LogP contribution in [0.25, 0.3) is 0 Å². The second-order valence-corrected chi connectivity index (χ2v) is 8.21. The summed E-state index contributed by atoms with van der Waals surface area (Å²) in [5, 5.41) is 9.21. The van der Waals surface area contributed by atoms with Gasteiger partial charge in [-0.3, -0.25) is 9.59 Å². The van der Waals surface area contributed by atoms with Crippen molar-refractivity contribution in [1.82, 2.24) is 4.98 Å². The fourth-order valence-corrected chi connectivity index (χ4v) is 3.82. The smallest absolute Gasteiger partial charge is 0.321 e. The second-order valence-electron chi connectivity index (χ2n) is 6.56. The molecule has 0 aliphatic carbocycles. The van der Waals surface area contributed by atoms with E-state index in [0.717, 1.165) is 0 Å². The van der Waals surface area contributed by atoms with Gasteiger partial charge < -0.3 is 9.47 Å². The Labute approximate surface area is 207 Å². The summed E-state index contributed by atoms with van der Waals surface area (Å²) in [5.41, 5.74) is -0.134. The van der Waals surface area contributed by atoms with Crippen LogP contribution >= 0.6 is 39.1 Å². The highest BCUT2D eigenvalue weighted by atomic mass is 79.9. The highest BCUT2D eigenvalue weighted by molar-refractivity contribution is 9.10. The van der Waals surface area contributed by atoms with Crippen molar-refractivity contribution >= 4 is 50.9 Å². The van der Waals surface area contributed by atoms with Crippen molar-refractivity contribution in [1.29, 1.82) is 5.26 Å². The van der Waals surface area contributed by atoms with Crippen LogP contribution in [0.15, 0.2) is 53.1 Å². The van der Waals surface area contributed by atoms with Crippen molar-refractivity contribution < 1.29 is 23.5 Å². The minimum atomic E-state index is -1.66. The Morgan fingerprint density at radius 3 is 2.67 bits per heavy atom. The molecule has 3 aromatic rings. The molecule has 0 aliphatic rings. The summed E-state index contributed by atoms with van der Waals surface area (Å²) < 4.78 is 26.6. The highest BCUT2D eigenvalue weighted by Gasteiger charge is 2.36. The third kappa shape index (κ3) is 5.50. The number of Topliss-reactive ketones (excluding diaryl/α,β-unsaturated/α-hetero) is 1. The lowest BCUT2D eigenvalue weighted by molar-refractivity contribution is -0.143. The molecule has 1 unspecified atom stereocenters. The van der Waals surface area contributed by atoms with Crippen LogP contribution in [0.2, 0.25) is 10.2 Å². The number of nitrogens with zero attached hydrogens (tertiary/aromatic N) is 2. The zero-order valence-corrected chi connectivity index (χ0v) is 20.0. The molecule has 0 radical (unpaired) electrons. The van der Waals surface area contributed by atoms with E-state index in [2.05, 4.69) is 20.9 Å². The molecule has 1 atom stereocenters. The van der Waals surface area contributed by atoms with E-state index in [1.807, 2.05) is 6.07 Å². The lowest BCUT2D eigenvalue weighted by Crippen LogP contribution is -2.26. The molecule has 0 saturated heterocycles. The van der Waals surface area contributed by atoms with E-state index in [-0.39, 0.29) is 49.4 Å². The first-order chi connectivity index (χ1) is 15.8. The number of rotatable bonds is 7. The van der Waals surface area contributed by atoms with Gasteiger partial charge in [0.25, 0.3) is 0 Å². The van der Waals surface area contributed by atoms with Crippen molar-refractivity contribution in [2.24, 2.45) is 0 Å². The van der Waals surface area contributed by atoms with Crippen LogP contribution in [0.3, 0.4) is 0 Å². The van der Waals surface area contributed by atoms with Gasteiger partial charge in [0.2, 0.25) is 0 Å². The molecule has 0 bridgehead atoms. The zero-order valence-electron chi connectivity index (χ0n) is 16.9. The van der Waals surface area contributed by atoms with Crippen LogP contribution in [0.4, 0.5) is 4.39 Å². The molecule has 0 N–H and O–H groups in total. The Morgan fingerprint density at radius 1 is 1.24 bits per heavy atom. The van der Waals surface area contributed by atoms with E-state index in [4.69, 9.17) is 37.9 Å². The Hall–Kier alpha value is -2.99. The van der Waals surface area contributed by atoms with Gasteiger partial charge in [-0.05, 0) is 59.3 Å². The molecule has 168 valence electrons. The minimum Gasteiger partial charge on any atom is -0.465 e. The monoisotopic (exact) mass is 550 g/mol. The SMILES string of the molecule is CCOC(=O)C(C(=O)c1cccnc1Cl)c1ccc(Br)c(Oc2cc(Cl)cc(C#N)c2)c1F.